The molecule has 0 saturated carbocycles. The Balaban J connectivity index is 1.29. The van der Waals surface area contributed by atoms with Gasteiger partial charge in [-0.2, -0.15) is 0 Å². The fourth-order valence-corrected chi connectivity index (χ4v) is 4.36. The zero-order valence-electron chi connectivity index (χ0n) is 15.7. The highest BCUT2D eigenvalue weighted by Crippen LogP contribution is 2.41. The molecule has 3 fully saturated rings. The van der Waals surface area contributed by atoms with Crippen LogP contribution >= 0.6 is 0 Å². The van der Waals surface area contributed by atoms with E-state index in [9.17, 15) is 9.59 Å². The van der Waals surface area contributed by atoms with Crippen molar-refractivity contribution in [2.75, 3.05) is 50.7 Å². The molecule has 1 amide bonds. The molecule has 3 aliphatic heterocycles. The number of piperidine rings is 2. The molecule has 1 aromatic rings. The second-order valence-electron chi connectivity index (χ2n) is 8.22. The lowest BCUT2D eigenvalue weighted by molar-refractivity contribution is -0.135. The first-order valence-corrected chi connectivity index (χ1v) is 9.86. The number of aromatic amines is 1. The van der Waals surface area contributed by atoms with Crippen molar-refractivity contribution in [1.29, 1.82) is 0 Å². The van der Waals surface area contributed by atoms with Gasteiger partial charge in [-0.25, -0.2) is 4.98 Å². The summed E-state index contributed by atoms with van der Waals surface area (Å²) in [5, 5.41) is 0. The summed E-state index contributed by atoms with van der Waals surface area (Å²) in [6, 6.07) is 0. The van der Waals surface area contributed by atoms with Crippen LogP contribution in [0.1, 0.15) is 37.7 Å². The van der Waals surface area contributed by atoms with Crippen molar-refractivity contribution in [1.82, 2.24) is 19.8 Å². The molecule has 3 saturated heterocycles. The van der Waals surface area contributed by atoms with E-state index in [1.165, 1.54) is 6.42 Å². The summed E-state index contributed by atoms with van der Waals surface area (Å²) < 4.78 is 0. The average molecular weight is 359 g/mol. The molecule has 0 atom stereocenters. The SMILES string of the molecule is Cc1cnc(N2CCC3(CCN(C(=O)CN4CCC4)CC3)CC2)[nH]c1=O. The highest BCUT2D eigenvalue weighted by atomic mass is 16.2. The summed E-state index contributed by atoms with van der Waals surface area (Å²) in [5.41, 5.74) is 0.955. The van der Waals surface area contributed by atoms with Crippen molar-refractivity contribution in [2.24, 2.45) is 5.41 Å². The standard InChI is InChI=1S/C19H29N5O2/c1-15-13-20-18(21-17(15)26)24-11-5-19(6-12-24)3-9-23(10-4-19)16(25)14-22-7-2-8-22/h13H,2-12,14H2,1H3,(H,20,21,26). The molecule has 0 bridgehead atoms. The number of anilines is 1. The van der Waals surface area contributed by atoms with Gasteiger partial charge in [-0.05, 0) is 57.5 Å². The summed E-state index contributed by atoms with van der Waals surface area (Å²) in [6.07, 6.45) is 7.31. The van der Waals surface area contributed by atoms with Gasteiger partial charge in [0.2, 0.25) is 11.9 Å². The topological polar surface area (TPSA) is 72.5 Å². The number of carbonyl (C=O) groups excluding carboxylic acids is 1. The number of nitrogens with one attached hydrogen (secondary N) is 1. The molecule has 4 heterocycles. The van der Waals surface area contributed by atoms with Crippen LogP contribution in [0.3, 0.4) is 0 Å². The number of hydrogen-bond acceptors (Lipinski definition) is 5. The largest absolute Gasteiger partial charge is 0.342 e. The smallest absolute Gasteiger partial charge is 0.255 e. The number of carbonyl (C=O) groups is 1. The Hall–Kier alpha value is -1.89. The van der Waals surface area contributed by atoms with Crippen LogP contribution in [0, 0.1) is 12.3 Å². The third-order valence-corrected chi connectivity index (χ3v) is 6.57. The Morgan fingerprint density at radius 1 is 1.12 bits per heavy atom. The lowest BCUT2D eigenvalue weighted by atomic mass is 9.71. The molecular weight excluding hydrogens is 330 g/mol. The molecule has 3 aliphatic rings. The molecule has 4 rings (SSSR count). The van der Waals surface area contributed by atoms with Gasteiger partial charge in [0.15, 0.2) is 0 Å². The molecule has 0 aliphatic carbocycles. The molecule has 0 aromatic carbocycles. The summed E-state index contributed by atoms with van der Waals surface area (Å²) in [7, 11) is 0. The lowest BCUT2D eigenvalue weighted by Gasteiger charge is -2.47. The number of aromatic nitrogens is 2. The summed E-state index contributed by atoms with van der Waals surface area (Å²) in [6.45, 7) is 8.17. The van der Waals surface area contributed by atoms with E-state index in [2.05, 4.69) is 24.7 Å². The number of rotatable bonds is 3. The van der Waals surface area contributed by atoms with Crippen molar-refractivity contribution in [3.63, 3.8) is 0 Å². The maximum atomic E-state index is 12.4. The molecule has 26 heavy (non-hydrogen) atoms. The summed E-state index contributed by atoms with van der Waals surface area (Å²) in [4.78, 5) is 38.0. The molecule has 7 nitrogen and oxygen atoms in total. The highest BCUT2D eigenvalue weighted by Gasteiger charge is 2.39. The summed E-state index contributed by atoms with van der Waals surface area (Å²) in [5.74, 6) is 0.996. The predicted octanol–water partition coefficient (Wildman–Crippen LogP) is 0.993. The Morgan fingerprint density at radius 3 is 2.35 bits per heavy atom. The minimum atomic E-state index is -0.0516. The first-order valence-electron chi connectivity index (χ1n) is 9.86. The first kappa shape index (κ1) is 17.5. The number of likely N-dealkylation sites (tertiary alicyclic amines) is 2. The fourth-order valence-electron chi connectivity index (χ4n) is 4.36. The molecule has 7 heteroatoms. The third kappa shape index (κ3) is 3.49. The van der Waals surface area contributed by atoms with Gasteiger partial charge in [0.05, 0.1) is 6.54 Å². The van der Waals surface area contributed by atoms with E-state index in [-0.39, 0.29) is 5.56 Å². The van der Waals surface area contributed by atoms with E-state index in [0.717, 1.165) is 65.0 Å². The van der Waals surface area contributed by atoms with E-state index in [1.54, 1.807) is 13.1 Å². The van der Waals surface area contributed by atoms with E-state index < -0.39 is 0 Å². The van der Waals surface area contributed by atoms with Crippen molar-refractivity contribution < 1.29 is 4.79 Å². The Labute approximate surface area is 154 Å². The van der Waals surface area contributed by atoms with Gasteiger partial charge in [0.1, 0.15) is 0 Å². The predicted molar refractivity (Wildman–Crippen MR) is 100 cm³/mol. The number of H-pyrrole nitrogens is 1. The van der Waals surface area contributed by atoms with Crippen LogP contribution in [0.4, 0.5) is 5.95 Å². The number of nitrogens with zero attached hydrogens (tertiary/aromatic N) is 4. The average Bonchev–Trinajstić information content (AvgIpc) is 2.62. The minimum absolute atomic E-state index is 0.0516. The fraction of sp³-hybridized carbons (Fsp3) is 0.737. The number of hydrogen-bond donors (Lipinski definition) is 1. The van der Waals surface area contributed by atoms with Gasteiger partial charge in [-0.15, -0.1) is 0 Å². The highest BCUT2D eigenvalue weighted by molar-refractivity contribution is 5.78. The normalized spacial score (nSPS) is 23.1. The van der Waals surface area contributed by atoms with E-state index in [0.29, 0.717) is 29.4 Å². The third-order valence-electron chi connectivity index (χ3n) is 6.57. The van der Waals surface area contributed by atoms with Crippen LogP contribution in [0.2, 0.25) is 0 Å². The second kappa shape index (κ2) is 7.02. The maximum Gasteiger partial charge on any atom is 0.255 e. The van der Waals surface area contributed by atoms with E-state index >= 15 is 0 Å². The molecule has 1 aromatic heterocycles. The Bertz CT molecular complexity index is 709. The van der Waals surface area contributed by atoms with E-state index in [1.807, 2.05) is 0 Å². The Kier molecular flexibility index (Phi) is 4.73. The van der Waals surface area contributed by atoms with Crippen molar-refractivity contribution in [3.8, 4) is 0 Å². The van der Waals surface area contributed by atoms with Crippen LogP contribution in [0.25, 0.3) is 0 Å². The van der Waals surface area contributed by atoms with Crippen molar-refractivity contribution in [3.05, 3.63) is 22.1 Å². The molecular formula is C19H29N5O2. The van der Waals surface area contributed by atoms with Gasteiger partial charge in [-0.3, -0.25) is 19.5 Å². The van der Waals surface area contributed by atoms with Crippen molar-refractivity contribution in [2.45, 2.75) is 39.0 Å². The van der Waals surface area contributed by atoms with Crippen LogP contribution in [-0.4, -0.2) is 71.5 Å². The van der Waals surface area contributed by atoms with Gasteiger partial charge in [-0.1, -0.05) is 0 Å². The van der Waals surface area contributed by atoms with Crippen LogP contribution < -0.4 is 10.5 Å². The van der Waals surface area contributed by atoms with Crippen LogP contribution in [-0.2, 0) is 4.79 Å². The van der Waals surface area contributed by atoms with E-state index in [4.69, 9.17) is 0 Å². The van der Waals surface area contributed by atoms with Crippen LogP contribution in [0.5, 0.6) is 0 Å². The van der Waals surface area contributed by atoms with Gasteiger partial charge >= 0.3 is 0 Å². The lowest BCUT2D eigenvalue weighted by Crippen LogP contribution is -2.51. The molecule has 142 valence electrons. The van der Waals surface area contributed by atoms with Gasteiger partial charge in [0.25, 0.3) is 5.56 Å². The summed E-state index contributed by atoms with van der Waals surface area (Å²) >= 11 is 0. The molecule has 1 N–H and O–H groups in total. The maximum absolute atomic E-state index is 12.4. The van der Waals surface area contributed by atoms with Crippen LogP contribution in [0.15, 0.2) is 11.0 Å². The van der Waals surface area contributed by atoms with Gasteiger partial charge < -0.3 is 9.80 Å². The molecule has 1 spiro atoms. The number of amides is 1. The zero-order valence-corrected chi connectivity index (χ0v) is 15.7. The molecule has 0 unspecified atom stereocenters. The quantitative estimate of drug-likeness (QED) is 0.871. The second-order valence-corrected chi connectivity index (χ2v) is 8.22. The Morgan fingerprint density at radius 2 is 1.77 bits per heavy atom. The zero-order chi connectivity index (χ0) is 18.1. The van der Waals surface area contributed by atoms with Crippen molar-refractivity contribution >= 4 is 11.9 Å². The first-order chi connectivity index (χ1) is 12.5. The minimum Gasteiger partial charge on any atom is -0.342 e. The van der Waals surface area contributed by atoms with Gasteiger partial charge in [0, 0.05) is 37.9 Å². The number of aryl methyl sites for hydroxylation is 1. The molecule has 0 radical (unpaired) electrons. The monoisotopic (exact) mass is 359 g/mol.